The molecular formula is C11H13ClFNO. The first-order valence-corrected chi connectivity index (χ1v) is 5.42. The second-order valence-corrected chi connectivity index (χ2v) is 4.13. The smallest absolute Gasteiger partial charge is 0.126 e. The maximum absolute atomic E-state index is 13.0. The van der Waals surface area contributed by atoms with E-state index in [2.05, 4.69) is 5.32 Å². The van der Waals surface area contributed by atoms with E-state index in [0.29, 0.717) is 11.1 Å². The molecule has 0 bridgehead atoms. The molecule has 0 saturated carbocycles. The average molecular weight is 230 g/mol. The molecule has 0 amide bonds. The van der Waals surface area contributed by atoms with Crippen molar-refractivity contribution in [2.75, 3.05) is 18.5 Å². The van der Waals surface area contributed by atoms with Gasteiger partial charge in [-0.1, -0.05) is 11.6 Å². The second kappa shape index (κ2) is 4.81. The Kier molecular flexibility index (Phi) is 3.44. The van der Waals surface area contributed by atoms with Gasteiger partial charge in [0.1, 0.15) is 5.82 Å². The van der Waals surface area contributed by atoms with E-state index < -0.39 is 0 Å². The average Bonchev–Trinajstić information content (AvgIpc) is 2.17. The van der Waals surface area contributed by atoms with Crippen molar-refractivity contribution in [3.63, 3.8) is 0 Å². The number of benzene rings is 1. The van der Waals surface area contributed by atoms with E-state index in [1.54, 1.807) is 6.07 Å². The zero-order valence-corrected chi connectivity index (χ0v) is 9.06. The van der Waals surface area contributed by atoms with Crippen LogP contribution >= 0.6 is 11.6 Å². The Hall–Kier alpha value is -0.800. The van der Waals surface area contributed by atoms with Crippen molar-refractivity contribution in [1.29, 1.82) is 0 Å². The number of nitrogens with one attached hydrogen (secondary N) is 1. The topological polar surface area (TPSA) is 21.3 Å². The lowest BCUT2D eigenvalue weighted by molar-refractivity contribution is 0.0904. The molecule has 1 aliphatic heterocycles. The lowest BCUT2D eigenvalue weighted by Crippen LogP contribution is -2.27. The second-order valence-electron chi connectivity index (χ2n) is 3.69. The van der Waals surface area contributed by atoms with E-state index in [9.17, 15) is 4.39 Å². The standard InChI is InChI=1S/C11H13ClFNO/c12-8-5-9(13)7-11(6-8)14-10-1-3-15-4-2-10/h5-7,10,14H,1-4H2. The van der Waals surface area contributed by atoms with Gasteiger partial charge in [-0.3, -0.25) is 0 Å². The van der Waals surface area contributed by atoms with Crippen molar-refractivity contribution in [3.8, 4) is 0 Å². The molecule has 4 heteroatoms. The van der Waals surface area contributed by atoms with Gasteiger partial charge in [0.15, 0.2) is 0 Å². The molecule has 2 nitrogen and oxygen atoms in total. The number of hydrogen-bond donors (Lipinski definition) is 1. The summed E-state index contributed by atoms with van der Waals surface area (Å²) in [6.45, 7) is 1.53. The van der Waals surface area contributed by atoms with E-state index in [1.165, 1.54) is 12.1 Å². The van der Waals surface area contributed by atoms with Gasteiger partial charge in [-0.25, -0.2) is 4.39 Å². The van der Waals surface area contributed by atoms with Gasteiger partial charge in [-0.2, -0.15) is 0 Å². The SMILES string of the molecule is Fc1cc(Cl)cc(NC2CCOCC2)c1. The predicted octanol–water partition coefficient (Wildman–Crippen LogP) is 3.07. The van der Waals surface area contributed by atoms with Gasteiger partial charge < -0.3 is 10.1 Å². The highest BCUT2D eigenvalue weighted by molar-refractivity contribution is 6.30. The molecule has 15 heavy (non-hydrogen) atoms. The van der Waals surface area contributed by atoms with Gasteiger partial charge in [0.2, 0.25) is 0 Å². The van der Waals surface area contributed by atoms with Crippen LogP contribution in [0.3, 0.4) is 0 Å². The molecule has 0 aliphatic carbocycles. The highest BCUT2D eigenvalue weighted by atomic mass is 35.5. The highest BCUT2D eigenvalue weighted by Crippen LogP contribution is 2.20. The van der Waals surface area contributed by atoms with Gasteiger partial charge in [-0.05, 0) is 31.0 Å². The van der Waals surface area contributed by atoms with Crippen LogP contribution in [-0.2, 0) is 4.74 Å². The Labute approximate surface area is 93.4 Å². The Morgan fingerprint density at radius 1 is 1.27 bits per heavy atom. The quantitative estimate of drug-likeness (QED) is 0.842. The van der Waals surface area contributed by atoms with E-state index in [1.807, 2.05) is 0 Å². The maximum Gasteiger partial charge on any atom is 0.126 e. The van der Waals surface area contributed by atoms with Crippen molar-refractivity contribution in [2.24, 2.45) is 0 Å². The molecule has 1 saturated heterocycles. The van der Waals surface area contributed by atoms with Crippen LogP contribution in [0.5, 0.6) is 0 Å². The molecule has 1 aromatic rings. The van der Waals surface area contributed by atoms with Crippen LogP contribution in [0.1, 0.15) is 12.8 Å². The third-order valence-electron chi connectivity index (χ3n) is 2.45. The molecule has 0 atom stereocenters. The third kappa shape index (κ3) is 3.08. The number of ether oxygens (including phenoxy) is 1. The summed E-state index contributed by atoms with van der Waals surface area (Å²) in [7, 11) is 0. The van der Waals surface area contributed by atoms with Gasteiger partial charge >= 0.3 is 0 Å². The van der Waals surface area contributed by atoms with Crippen molar-refractivity contribution in [1.82, 2.24) is 0 Å². The number of rotatable bonds is 2. The first-order chi connectivity index (χ1) is 7.24. The minimum atomic E-state index is -0.308. The van der Waals surface area contributed by atoms with Crippen molar-refractivity contribution in [2.45, 2.75) is 18.9 Å². The van der Waals surface area contributed by atoms with Crippen LogP contribution in [0.4, 0.5) is 10.1 Å². The van der Waals surface area contributed by atoms with E-state index in [4.69, 9.17) is 16.3 Å². The van der Waals surface area contributed by atoms with Crippen LogP contribution < -0.4 is 5.32 Å². The summed E-state index contributed by atoms with van der Waals surface area (Å²) in [5.41, 5.74) is 0.743. The number of hydrogen-bond acceptors (Lipinski definition) is 2. The predicted molar refractivity (Wildman–Crippen MR) is 58.9 cm³/mol. The minimum Gasteiger partial charge on any atom is -0.382 e. The summed E-state index contributed by atoms with van der Waals surface area (Å²) < 4.78 is 18.3. The molecular weight excluding hydrogens is 217 g/mol. The molecule has 0 spiro atoms. The summed E-state index contributed by atoms with van der Waals surface area (Å²) in [5, 5.41) is 3.68. The molecule has 0 unspecified atom stereocenters. The fourth-order valence-electron chi connectivity index (χ4n) is 1.71. The lowest BCUT2D eigenvalue weighted by atomic mass is 10.1. The highest BCUT2D eigenvalue weighted by Gasteiger charge is 2.13. The van der Waals surface area contributed by atoms with Crippen LogP contribution in [0.2, 0.25) is 5.02 Å². The molecule has 0 aromatic heterocycles. The fraction of sp³-hybridized carbons (Fsp3) is 0.455. The van der Waals surface area contributed by atoms with E-state index in [0.717, 1.165) is 31.7 Å². The zero-order valence-electron chi connectivity index (χ0n) is 8.30. The molecule has 0 radical (unpaired) electrons. The number of halogens is 2. The molecule has 1 heterocycles. The van der Waals surface area contributed by atoms with Crippen LogP contribution in [0.25, 0.3) is 0 Å². The Morgan fingerprint density at radius 2 is 2.00 bits per heavy atom. The Balaban J connectivity index is 2.02. The van der Waals surface area contributed by atoms with Gasteiger partial charge in [0.05, 0.1) is 0 Å². The Bertz CT molecular complexity index is 319. The summed E-state index contributed by atoms with van der Waals surface area (Å²) in [6.07, 6.45) is 1.91. The number of anilines is 1. The summed E-state index contributed by atoms with van der Waals surface area (Å²) in [6, 6.07) is 4.86. The minimum absolute atomic E-state index is 0.308. The summed E-state index contributed by atoms with van der Waals surface area (Å²) in [5.74, 6) is -0.308. The van der Waals surface area contributed by atoms with Crippen LogP contribution in [0.15, 0.2) is 18.2 Å². The van der Waals surface area contributed by atoms with Crippen molar-refractivity contribution >= 4 is 17.3 Å². The summed E-state index contributed by atoms with van der Waals surface area (Å²) in [4.78, 5) is 0. The lowest BCUT2D eigenvalue weighted by Gasteiger charge is -2.24. The third-order valence-corrected chi connectivity index (χ3v) is 2.67. The molecule has 1 N–H and O–H groups in total. The van der Waals surface area contributed by atoms with Crippen molar-refractivity contribution < 1.29 is 9.13 Å². The van der Waals surface area contributed by atoms with Crippen molar-refractivity contribution in [3.05, 3.63) is 29.0 Å². The fourth-order valence-corrected chi connectivity index (χ4v) is 1.94. The first kappa shape index (κ1) is 10.7. The van der Waals surface area contributed by atoms with Gasteiger partial charge in [-0.15, -0.1) is 0 Å². The molecule has 82 valence electrons. The van der Waals surface area contributed by atoms with Gasteiger partial charge in [0.25, 0.3) is 0 Å². The molecule has 1 aliphatic rings. The molecule has 1 aromatic carbocycles. The largest absolute Gasteiger partial charge is 0.382 e. The van der Waals surface area contributed by atoms with Crippen LogP contribution in [-0.4, -0.2) is 19.3 Å². The summed E-state index contributed by atoms with van der Waals surface area (Å²) >= 11 is 5.76. The van der Waals surface area contributed by atoms with E-state index in [-0.39, 0.29) is 5.82 Å². The first-order valence-electron chi connectivity index (χ1n) is 5.04. The molecule has 1 fully saturated rings. The van der Waals surface area contributed by atoms with Gasteiger partial charge in [0, 0.05) is 30.0 Å². The Morgan fingerprint density at radius 3 is 2.67 bits per heavy atom. The normalized spacial score (nSPS) is 17.7. The maximum atomic E-state index is 13.0. The zero-order chi connectivity index (χ0) is 10.7. The van der Waals surface area contributed by atoms with E-state index >= 15 is 0 Å². The monoisotopic (exact) mass is 229 g/mol. The van der Waals surface area contributed by atoms with Crippen LogP contribution in [0, 0.1) is 5.82 Å². The molecule has 2 rings (SSSR count).